The van der Waals surface area contributed by atoms with Crippen LogP contribution in [0, 0.1) is 31.3 Å². The number of rotatable bonds is 1. The van der Waals surface area contributed by atoms with E-state index in [4.69, 9.17) is 49.2 Å². The molecule has 206 valence electrons. The van der Waals surface area contributed by atoms with Gasteiger partial charge in [-0.15, -0.1) is 0 Å². The number of benzene rings is 3. The maximum absolute atomic E-state index is 13.8. The Bertz CT molecular complexity index is 1200. The van der Waals surface area contributed by atoms with Crippen molar-refractivity contribution in [3.05, 3.63) is 89.0 Å². The first-order valence-corrected chi connectivity index (χ1v) is 13.9. The molecule has 0 radical (unpaired) electrons. The number of aromatic hydroxyl groups is 1. The summed E-state index contributed by atoms with van der Waals surface area (Å²) in [6.45, 7) is 11.2. The van der Waals surface area contributed by atoms with Gasteiger partial charge in [-0.25, -0.2) is 13.2 Å². The zero-order chi connectivity index (χ0) is 29.2. The first kappa shape index (κ1) is 33.3. The van der Waals surface area contributed by atoms with Crippen LogP contribution in [0.1, 0.15) is 38.8 Å². The third kappa shape index (κ3) is 7.62. The average Bonchev–Trinajstić information content (AvgIpc) is 3.07. The van der Waals surface area contributed by atoms with Gasteiger partial charge in [-0.1, -0.05) is 56.8 Å². The predicted molar refractivity (Wildman–Crippen MR) is 156 cm³/mol. The monoisotopic (exact) mass is 716 g/mol. The van der Waals surface area contributed by atoms with E-state index < -0.39 is 35.7 Å². The van der Waals surface area contributed by atoms with Crippen molar-refractivity contribution in [3.8, 4) is 5.75 Å². The van der Waals surface area contributed by atoms with Crippen LogP contribution in [-0.2, 0) is 9.31 Å². The molecule has 1 aliphatic heterocycles. The number of hydrogen-bond donors (Lipinski definition) is 1. The lowest BCUT2D eigenvalue weighted by molar-refractivity contribution is 0.00578. The highest BCUT2D eigenvalue weighted by molar-refractivity contribution is 9.10. The Morgan fingerprint density at radius 3 is 1.53 bits per heavy atom. The third-order valence-corrected chi connectivity index (χ3v) is 8.56. The van der Waals surface area contributed by atoms with Crippen LogP contribution in [0.5, 0.6) is 5.75 Å². The van der Waals surface area contributed by atoms with Crippen LogP contribution < -0.4 is 5.46 Å². The van der Waals surface area contributed by atoms with Crippen LogP contribution in [0.15, 0.2) is 45.3 Å². The zero-order valence-electron chi connectivity index (χ0n) is 21.3. The van der Waals surface area contributed by atoms with Crippen LogP contribution >= 0.6 is 66.7 Å². The Balaban J connectivity index is 0.000000216. The summed E-state index contributed by atoms with van der Waals surface area (Å²) in [4.78, 5) is 0. The normalized spacial score (nSPS) is 15.4. The minimum absolute atomic E-state index is 0.0827. The van der Waals surface area contributed by atoms with Gasteiger partial charge in [0.15, 0.2) is 11.6 Å². The van der Waals surface area contributed by atoms with Crippen molar-refractivity contribution < 1.29 is 27.6 Å². The Morgan fingerprint density at radius 1 is 0.684 bits per heavy atom. The van der Waals surface area contributed by atoms with Crippen molar-refractivity contribution in [3.63, 3.8) is 0 Å². The van der Waals surface area contributed by atoms with E-state index in [1.807, 2.05) is 27.7 Å². The van der Waals surface area contributed by atoms with E-state index in [1.54, 1.807) is 26.0 Å². The molecule has 12 heteroatoms. The summed E-state index contributed by atoms with van der Waals surface area (Å²) in [5.41, 5.74) is 0.851. The first-order valence-electron chi connectivity index (χ1n) is 11.1. The topological polar surface area (TPSA) is 38.7 Å². The fourth-order valence-corrected chi connectivity index (χ4v) is 4.21. The van der Waals surface area contributed by atoms with E-state index in [1.165, 1.54) is 24.3 Å². The predicted octanol–water partition coefficient (Wildman–Crippen LogP) is 9.58. The summed E-state index contributed by atoms with van der Waals surface area (Å²) in [6.07, 6.45) is 0. The van der Waals surface area contributed by atoms with Crippen molar-refractivity contribution in [1.82, 2.24) is 0 Å². The van der Waals surface area contributed by atoms with Crippen LogP contribution in [-0.4, -0.2) is 23.4 Å². The number of phenolic OH excluding ortho intramolecular Hbond substituents is 1. The lowest BCUT2D eigenvalue weighted by atomic mass is 9.76. The number of phenols is 1. The molecule has 0 saturated carbocycles. The molecule has 4 rings (SSSR count). The summed E-state index contributed by atoms with van der Waals surface area (Å²) in [7, 11) is -0.554. The SMILES string of the molecule is Cc1c(B2OC(C)(C)C(C)(C)O2)ccc(Cl)c1F.Cc1c(Br)ccc(Cl)c1F.Oc1c(Br)ccc(Cl)c1F. The van der Waals surface area contributed by atoms with Crippen LogP contribution in [0.4, 0.5) is 13.2 Å². The van der Waals surface area contributed by atoms with E-state index in [-0.39, 0.29) is 20.9 Å². The Hall–Kier alpha value is -0.935. The molecule has 0 bridgehead atoms. The quantitative estimate of drug-likeness (QED) is 0.201. The minimum Gasteiger partial charge on any atom is -0.504 e. The standard InChI is InChI=1S/C13H17BClFO2.C7H5BrClF.C6H3BrClFO/c1-8-9(6-7-10(15)11(8)16)14-17-12(2,3)13(4,5)18-14;1-4-5(8)2-3-6(9)7(4)10;7-3-1-2-4(8)5(9)6(3)10/h6-7H,1-5H3;2-3H,1H3;1-2,10H. The molecular formula is C26H25BBr2Cl3F3O3. The van der Waals surface area contributed by atoms with E-state index in [0.717, 1.165) is 4.47 Å². The lowest BCUT2D eigenvalue weighted by Crippen LogP contribution is -2.41. The maximum Gasteiger partial charge on any atom is 0.495 e. The molecule has 0 aromatic heterocycles. The lowest BCUT2D eigenvalue weighted by Gasteiger charge is -2.32. The van der Waals surface area contributed by atoms with Crippen molar-refractivity contribution in [2.75, 3.05) is 0 Å². The molecule has 1 aliphatic rings. The molecule has 38 heavy (non-hydrogen) atoms. The van der Waals surface area contributed by atoms with E-state index in [9.17, 15) is 13.2 Å². The van der Waals surface area contributed by atoms with Gasteiger partial charge in [-0.3, -0.25) is 0 Å². The highest BCUT2D eigenvalue weighted by Crippen LogP contribution is 2.37. The van der Waals surface area contributed by atoms with Crippen molar-refractivity contribution in [2.45, 2.75) is 52.7 Å². The van der Waals surface area contributed by atoms with Crippen LogP contribution in [0.2, 0.25) is 15.1 Å². The van der Waals surface area contributed by atoms with E-state index in [2.05, 4.69) is 31.9 Å². The van der Waals surface area contributed by atoms with Crippen LogP contribution in [0.3, 0.4) is 0 Å². The van der Waals surface area contributed by atoms with E-state index in [0.29, 0.717) is 21.1 Å². The Morgan fingerprint density at radius 2 is 1.08 bits per heavy atom. The number of hydrogen-bond acceptors (Lipinski definition) is 3. The highest BCUT2D eigenvalue weighted by atomic mass is 79.9. The smallest absolute Gasteiger partial charge is 0.495 e. The van der Waals surface area contributed by atoms with Gasteiger partial charge >= 0.3 is 7.12 Å². The molecule has 3 nitrogen and oxygen atoms in total. The van der Waals surface area contributed by atoms with Crippen molar-refractivity contribution >= 4 is 79.2 Å². The fraction of sp³-hybridized carbons (Fsp3) is 0.308. The van der Waals surface area contributed by atoms with Gasteiger partial charge in [-0.2, -0.15) is 0 Å². The molecule has 0 amide bonds. The third-order valence-electron chi connectivity index (χ3n) is 6.18. The molecule has 3 aromatic rings. The van der Waals surface area contributed by atoms with Gasteiger partial charge in [0, 0.05) is 10.0 Å². The van der Waals surface area contributed by atoms with Gasteiger partial charge in [0.2, 0.25) is 0 Å². The Kier molecular flexibility index (Phi) is 11.5. The van der Waals surface area contributed by atoms with Gasteiger partial charge < -0.3 is 14.4 Å². The molecule has 0 unspecified atom stereocenters. The molecule has 1 fully saturated rings. The summed E-state index contributed by atoms with van der Waals surface area (Å²) >= 11 is 22.7. The molecule has 1 N–H and O–H groups in total. The molecule has 1 saturated heterocycles. The molecular weight excluding hydrogens is 694 g/mol. The van der Waals surface area contributed by atoms with E-state index >= 15 is 0 Å². The summed E-state index contributed by atoms with van der Waals surface area (Å²) in [5, 5.41) is 9.08. The molecule has 0 spiro atoms. The second-order valence-corrected chi connectivity index (χ2v) is 12.3. The van der Waals surface area contributed by atoms with Crippen LogP contribution in [0.25, 0.3) is 0 Å². The molecule has 3 aromatic carbocycles. The van der Waals surface area contributed by atoms with Gasteiger partial charge in [-0.05, 0) is 98.8 Å². The summed E-state index contributed by atoms with van der Waals surface area (Å²) < 4.78 is 52.0. The molecule has 0 aliphatic carbocycles. The van der Waals surface area contributed by atoms with Gasteiger partial charge in [0.05, 0.1) is 30.7 Å². The largest absolute Gasteiger partial charge is 0.504 e. The fourth-order valence-electron chi connectivity index (χ4n) is 3.04. The first-order chi connectivity index (χ1) is 17.4. The zero-order valence-corrected chi connectivity index (χ0v) is 26.8. The number of halogens is 8. The van der Waals surface area contributed by atoms with Gasteiger partial charge in [0.1, 0.15) is 11.6 Å². The van der Waals surface area contributed by atoms with Crippen molar-refractivity contribution in [1.29, 1.82) is 0 Å². The highest BCUT2D eigenvalue weighted by Gasteiger charge is 2.52. The second-order valence-electron chi connectivity index (χ2n) is 9.32. The second kappa shape index (κ2) is 13.2. The summed E-state index contributed by atoms with van der Waals surface area (Å²) in [5.74, 6) is -2.01. The van der Waals surface area contributed by atoms with Crippen molar-refractivity contribution in [2.24, 2.45) is 0 Å². The summed E-state index contributed by atoms with van der Waals surface area (Å²) in [6, 6.07) is 9.36. The average molecular weight is 719 g/mol. The Labute approximate surface area is 253 Å². The maximum atomic E-state index is 13.8. The van der Waals surface area contributed by atoms with Gasteiger partial charge in [0.25, 0.3) is 0 Å². The molecule has 0 atom stereocenters. The molecule has 1 heterocycles. The minimum atomic E-state index is -0.795.